The van der Waals surface area contributed by atoms with Crippen LogP contribution in [0, 0.1) is 5.82 Å². The molecule has 4 heteroatoms. The minimum absolute atomic E-state index is 0.179. The second-order valence-electron chi connectivity index (χ2n) is 5.40. The maximum absolute atomic E-state index is 12.9. The first-order valence-electron chi connectivity index (χ1n) is 6.91. The van der Waals surface area contributed by atoms with Crippen LogP contribution in [0.3, 0.4) is 0 Å². The molecule has 1 heterocycles. The van der Waals surface area contributed by atoms with Crippen molar-refractivity contribution < 1.29 is 9.50 Å². The monoisotopic (exact) mass is 291 g/mol. The van der Waals surface area contributed by atoms with Gasteiger partial charge in [0.1, 0.15) is 5.82 Å². The van der Waals surface area contributed by atoms with Crippen LogP contribution in [0.4, 0.5) is 4.39 Å². The van der Waals surface area contributed by atoms with Crippen LogP contribution in [0.5, 0.6) is 0 Å². The first kappa shape index (κ1) is 13.7. The second kappa shape index (κ2) is 6.04. The van der Waals surface area contributed by atoms with Gasteiger partial charge in [-0.25, -0.2) is 4.39 Å². The molecule has 3 rings (SSSR count). The summed E-state index contributed by atoms with van der Waals surface area (Å²) in [5, 5.41) is 17.4. The summed E-state index contributed by atoms with van der Waals surface area (Å²) in [6.07, 6.45) is 1.69. The molecule has 1 atom stereocenters. The van der Waals surface area contributed by atoms with Gasteiger partial charge in [-0.1, -0.05) is 12.1 Å². The summed E-state index contributed by atoms with van der Waals surface area (Å²) in [7, 11) is 0. The Morgan fingerprint density at radius 3 is 2.65 bits per heavy atom. The van der Waals surface area contributed by atoms with Crippen LogP contribution in [0.2, 0.25) is 0 Å². The Bertz CT molecular complexity index is 534. The van der Waals surface area contributed by atoms with Crippen molar-refractivity contribution in [1.82, 2.24) is 5.32 Å². The van der Waals surface area contributed by atoms with Gasteiger partial charge in [-0.15, -0.1) is 0 Å². The molecule has 0 aliphatic heterocycles. The molecule has 1 aliphatic rings. The van der Waals surface area contributed by atoms with Gasteiger partial charge in [0.05, 0.1) is 6.10 Å². The van der Waals surface area contributed by atoms with Crippen molar-refractivity contribution in [3.8, 4) is 0 Å². The van der Waals surface area contributed by atoms with E-state index in [1.54, 1.807) is 11.3 Å². The summed E-state index contributed by atoms with van der Waals surface area (Å²) in [5.41, 5.74) is 2.19. The van der Waals surface area contributed by atoms with Crippen molar-refractivity contribution in [3.05, 3.63) is 58.0 Å². The maximum atomic E-state index is 12.9. The molecule has 1 aromatic carbocycles. The van der Waals surface area contributed by atoms with Gasteiger partial charge < -0.3 is 10.4 Å². The molecule has 0 radical (unpaired) electrons. The summed E-state index contributed by atoms with van der Waals surface area (Å²) in [4.78, 5) is 0. The smallest absolute Gasteiger partial charge is 0.123 e. The van der Waals surface area contributed by atoms with E-state index in [1.165, 1.54) is 17.7 Å². The number of thiophene rings is 1. The van der Waals surface area contributed by atoms with E-state index in [0.29, 0.717) is 18.5 Å². The number of aliphatic hydroxyl groups is 1. The molecule has 1 saturated carbocycles. The number of hydrogen-bond donors (Lipinski definition) is 2. The summed E-state index contributed by atoms with van der Waals surface area (Å²) < 4.78 is 12.9. The zero-order chi connectivity index (χ0) is 13.9. The molecule has 0 spiro atoms. The molecule has 1 aromatic heterocycles. The number of aliphatic hydroxyl groups excluding tert-OH is 1. The molecular formula is C16H18FNOS. The average Bonchev–Trinajstić information content (AvgIpc) is 2.92. The number of nitrogens with one attached hydrogen (secondary N) is 1. The van der Waals surface area contributed by atoms with E-state index >= 15 is 0 Å². The van der Waals surface area contributed by atoms with Crippen LogP contribution >= 0.6 is 11.3 Å². The van der Waals surface area contributed by atoms with E-state index in [0.717, 1.165) is 18.4 Å². The molecule has 1 unspecified atom stereocenters. The largest absolute Gasteiger partial charge is 0.387 e. The van der Waals surface area contributed by atoms with Gasteiger partial charge in [-0.3, -0.25) is 0 Å². The van der Waals surface area contributed by atoms with E-state index in [2.05, 4.69) is 5.32 Å². The topological polar surface area (TPSA) is 32.3 Å². The van der Waals surface area contributed by atoms with Gasteiger partial charge in [0.15, 0.2) is 0 Å². The predicted octanol–water partition coefficient (Wildman–Crippen LogP) is 3.46. The molecule has 20 heavy (non-hydrogen) atoms. The zero-order valence-corrected chi connectivity index (χ0v) is 11.9. The minimum atomic E-state index is -0.425. The Balaban J connectivity index is 1.43. The Morgan fingerprint density at radius 2 is 2.00 bits per heavy atom. The van der Waals surface area contributed by atoms with Crippen molar-refractivity contribution in [1.29, 1.82) is 0 Å². The van der Waals surface area contributed by atoms with E-state index in [9.17, 15) is 9.50 Å². The van der Waals surface area contributed by atoms with Crippen LogP contribution < -0.4 is 5.32 Å². The van der Waals surface area contributed by atoms with Crippen LogP contribution in [0.1, 0.15) is 36.0 Å². The van der Waals surface area contributed by atoms with Gasteiger partial charge in [-0.05, 0) is 58.8 Å². The molecule has 0 bridgehead atoms. The van der Waals surface area contributed by atoms with E-state index in [-0.39, 0.29) is 5.82 Å². The number of rotatable bonds is 5. The summed E-state index contributed by atoms with van der Waals surface area (Å²) >= 11 is 1.60. The van der Waals surface area contributed by atoms with Crippen molar-refractivity contribution >= 4 is 11.3 Å². The van der Waals surface area contributed by atoms with Crippen LogP contribution in [-0.2, 0) is 0 Å². The Labute approximate surface area is 122 Å². The highest BCUT2D eigenvalue weighted by molar-refractivity contribution is 7.07. The lowest BCUT2D eigenvalue weighted by molar-refractivity contribution is 0.157. The Morgan fingerprint density at radius 1 is 1.25 bits per heavy atom. The summed E-state index contributed by atoms with van der Waals surface area (Å²) in [6, 6.07) is 9.21. The molecule has 2 N–H and O–H groups in total. The lowest BCUT2D eigenvalue weighted by Gasteiger charge is -2.37. The van der Waals surface area contributed by atoms with Crippen molar-refractivity contribution in [2.24, 2.45) is 0 Å². The molecule has 0 amide bonds. The maximum Gasteiger partial charge on any atom is 0.123 e. The molecule has 2 aromatic rings. The van der Waals surface area contributed by atoms with Gasteiger partial charge in [0.25, 0.3) is 0 Å². The van der Waals surface area contributed by atoms with Gasteiger partial charge in [-0.2, -0.15) is 11.3 Å². The van der Waals surface area contributed by atoms with Crippen molar-refractivity contribution in [2.75, 3.05) is 6.54 Å². The highest BCUT2D eigenvalue weighted by atomic mass is 32.1. The fraction of sp³-hybridized carbons (Fsp3) is 0.375. The molecule has 1 aliphatic carbocycles. The molecular weight excluding hydrogens is 273 g/mol. The normalized spacial score (nSPS) is 23.3. The molecule has 106 valence electrons. The highest BCUT2D eigenvalue weighted by Gasteiger charge is 2.30. The average molecular weight is 291 g/mol. The van der Waals surface area contributed by atoms with Crippen LogP contribution in [-0.4, -0.2) is 17.7 Å². The zero-order valence-electron chi connectivity index (χ0n) is 11.1. The second-order valence-corrected chi connectivity index (χ2v) is 6.18. The quantitative estimate of drug-likeness (QED) is 0.884. The first-order valence-corrected chi connectivity index (χ1v) is 7.85. The van der Waals surface area contributed by atoms with Crippen molar-refractivity contribution in [2.45, 2.75) is 30.9 Å². The SMILES string of the molecule is OC(CNC1CC(c2ccc(F)cc2)C1)c1ccsc1. The minimum Gasteiger partial charge on any atom is -0.387 e. The van der Waals surface area contributed by atoms with Gasteiger partial charge >= 0.3 is 0 Å². The third-order valence-electron chi connectivity index (χ3n) is 4.01. The number of hydrogen-bond acceptors (Lipinski definition) is 3. The van der Waals surface area contributed by atoms with Crippen LogP contribution in [0.15, 0.2) is 41.1 Å². The fourth-order valence-corrected chi connectivity index (χ4v) is 3.36. The lowest BCUT2D eigenvalue weighted by atomic mass is 9.76. The van der Waals surface area contributed by atoms with Gasteiger partial charge in [0, 0.05) is 12.6 Å². The summed E-state index contributed by atoms with van der Waals surface area (Å²) in [6.45, 7) is 0.595. The van der Waals surface area contributed by atoms with Gasteiger partial charge in [0.2, 0.25) is 0 Å². The lowest BCUT2D eigenvalue weighted by Crippen LogP contribution is -2.41. The fourth-order valence-electron chi connectivity index (χ4n) is 2.65. The predicted molar refractivity (Wildman–Crippen MR) is 79.4 cm³/mol. The third-order valence-corrected chi connectivity index (χ3v) is 4.71. The number of halogens is 1. The van der Waals surface area contributed by atoms with Crippen LogP contribution in [0.25, 0.3) is 0 Å². The standard InChI is InChI=1S/C16H18FNOS/c17-14-3-1-11(2-4-14)13-7-15(8-13)18-9-16(19)12-5-6-20-10-12/h1-6,10,13,15-16,18-19H,7-9H2. The van der Waals surface area contributed by atoms with E-state index < -0.39 is 6.10 Å². The Hall–Kier alpha value is -1.23. The Kier molecular flexibility index (Phi) is 4.15. The molecule has 2 nitrogen and oxygen atoms in total. The number of benzene rings is 1. The van der Waals surface area contributed by atoms with Crippen molar-refractivity contribution in [3.63, 3.8) is 0 Å². The molecule has 1 fully saturated rings. The van der Waals surface area contributed by atoms with E-state index in [4.69, 9.17) is 0 Å². The first-order chi connectivity index (χ1) is 9.72. The molecule has 0 saturated heterocycles. The summed E-state index contributed by atoms with van der Waals surface area (Å²) in [5.74, 6) is 0.341. The van der Waals surface area contributed by atoms with E-state index in [1.807, 2.05) is 29.0 Å². The third kappa shape index (κ3) is 3.08. The highest BCUT2D eigenvalue weighted by Crippen LogP contribution is 2.37.